The van der Waals surface area contributed by atoms with Crippen molar-refractivity contribution in [2.75, 3.05) is 13.3 Å². The molecule has 126 valence electrons. The predicted octanol–water partition coefficient (Wildman–Crippen LogP) is 4.54. The van der Waals surface area contributed by atoms with Crippen LogP contribution in [0.1, 0.15) is 20.3 Å². The van der Waals surface area contributed by atoms with Gasteiger partial charge in [0.2, 0.25) is 0 Å². The minimum absolute atomic E-state index is 0.0489. The Morgan fingerprint density at radius 2 is 1.77 bits per heavy atom. The van der Waals surface area contributed by atoms with Crippen LogP contribution in [0.5, 0.6) is 5.75 Å². The highest BCUT2D eigenvalue weighted by atomic mass is 35.5. The average Bonchev–Trinajstić information content (AvgIpc) is 2.42. The van der Waals surface area contributed by atoms with Gasteiger partial charge in [0.15, 0.2) is 0 Å². The lowest BCUT2D eigenvalue weighted by Gasteiger charge is -2.27. The molecule has 1 aromatic rings. The highest BCUT2D eigenvalue weighted by Gasteiger charge is 2.28. The fourth-order valence-electron chi connectivity index (χ4n) is 2.15. The van der Waals surface area contributed by atoms with E-state index in [0.717, 1.165) is 6.42 Å². The number of rotatable bonds is 9. The lowest BCUT2D eigenvalue weighted by Crippen LogP contribution is -2.40. The molecule has 0 saturated heterocycles. The lowest BCUT2D eigenvalue weighted by molar-refractivity contribution is 0.133. The molecule has 2 N–H and O–H groups in total. The van der Waals surface area contributed by atoms with Crippen LogP contribution in [0.4, 0.5) is 0 Å². The van der Waals surface area contributed by atoms with E-state index in [1.54, 1.807) is 18.2 Å². The predicted molar refractivity (Wildman–Crippen MR) is 94.7 cm³/mol. The lowest BCUT2D eigenvalue weighted by atomic mass is 9.95. The Morgan fingerprint density at radius 3 is 2.27 bits per heavy atom. The van der Waals surface area contributed by atoms with Gasteiger partial charge >= 0.3 is 0 Å². The maximum atomic E-state index is 10.1. The molecule has 0 radical (unpaired) electrons. The minimum atomic E-state index is -0.709. The molecular formula is C15H21Cl4NO2. The summed E-state index contributed by atoms with van der Waals surface area (Å²) < 4.78 is 5.47. The van der Waals surface area contributed by atoms with Crippen molar-refractivity contribution in [3.63, 3.8) is 0 Å². The van der Waals surface area contributed by atoms with Gasteiger partial charge in [0.05, 0.1) is 11.5 Å². The summed E-state index contributed by atoms with van der Waals surface area (Å²) in [4.78, 5) is 0. The van der Waals surface area contributed by atoms with Crippen molar-refractivity contribution in [2.24, 2.45) is 5.92 Å². The third kappa shape index (κ3) is 6.69. The van der Waals surface area contributed by atoms with Gasteiger partial charge in [-0.05, 0) is 31.0 Å². The van der Waals surface area contributed by atoms with Gasteiger partial charge in [-0.15, -0.1) is 23.2 Å². The molecule has 0 aliphatic carbocycles. The maximum Gasteiger partial charge on any atom is 0.139 e. The van der Waals surface area contributed by atoms with Gasteiger partial charge in [-0.25, -0.2) is 0 Å². The molecule has 3 nitrogen and oxygen atoms in total. The van der Waals surface area contributed by atoms with Crippen LogP contribution in [-0.2, 0) is 0 Å². The summed E-state index contributed by atoms with van der Waals surface area (Å²) in [5.74, 6) is 0.607. The molecule has 7 heteroatoms. The fraction of sp³-hybridized carbons (Fsp3) is 0.600. The van der Waals surface area contributed by atoms with Gasteiger partial charge in [0.1, 0.15) is 12.5 Å². The molecule has 0 heterocycles. The van der Waals surface area contributed by atoms with Crippen LogP contribution in [0.25, 0.3) is 0 Å². The molecule has 0 bridgehead atoms. The van der Waals surface area contributed by atoms with Gasteiger partial charge in [-0.3, -0.25) is 5.32 Å². The Balaban J connectivity index is 2.37. The van der Waals surface area contributed by atoms with Crippen molar-refractivity contribution in [3.8, 4) is 5.75 Å². The zero-order valence-electron chi connectivity index (χ0n) is 12.5. The van der Waals surface area contributed by atoms with Crippen molar-refractivity contribution >= 4 is 46.4 Å². The molecule has 0 amide bonds. The normalized spacial score (nSPS) is 16.9. The Morgan fingerprint density at radius 1 is 1.18 bits per heavy atom. The number of ether oxygens (including phenoxy) is 1. The summed E-state index contributed by atoms with van der Waals surface area (Å²) >= 11 is 24.1. The highest BCUT2D eigenvalue weighted by Crippen LogP contribution is 2.25. The van der Waals surface area contributed by atoms with Crippen LogP contribution in [0.15, 0.2) is 18.2 Å². The van der Waals surface area contributed by atoms with E-state index >= 15 is 0 Å². The second-order valence-corrected chi connectivity index (χ2v) is 7.17. The van der Waals surface area contributed by atoms with Crippen molar-refractivity contribution in [1.29, 1.82) is 0 Å². The van der Waals surface area contributed by atoms with E-state index in [-0.39, 0.29) is 18.0 Å². The van der Waals surface area contributed by atoms with Gasteiger partial charge in [0, 0.05) is 22.0 Å². The standard InChI is InChI=1S/C15H21Cl4NO2/c1-3-13(9(2)16)15(19)14(21)7-20-8-22-12-5-10(17)4-11(18)6-12/h4-6,9,13-15,20-21H,3,7-8H2,1-2H3. The number of aliphatic hydroxyl groups excluding tert-OH is 1. The third-order valence-corrected chi connectivity index (χ3v) is 4.74. The quantitative estimate of drug-likeness (QED) is 0.370. The molecule has 1 aromatic carbocycles. The summed E-state index contributed by atoms with van der Waals surface area (Å²) in [6.45, 7) is 4.41. The zero-order chi connectivity index (χ0) is 16.7. The number of alkyl halides is 2. The average molecular weight is 389 g/mol. The molecule has 4 atom stereocenters. The molecule has 22 heavy (non-hydrogen) atoms. The maximum absolute atomic E-state index is 10.1. The van der Waals surface area contributed by atoms with Gasteiger partial charge in [0.25, 0.3) is 0 Å². The van der Waals surface area contributed by atoms with E-state index in [1.165, 1.54) is 0 Å². The molecule has 0 spiro atoms. The van der Waals surface area contributed by atoms with Crippen molar-refractivity contribution in [3.05, 3.63) is 28.2 Å². The first kappa shape index (κ1) is 20.1. The van der Waals surface area contributed by atoms with E-state index in [9.17, 15) is 5.11 Å². The summed E-state index contributed by atoms with van der Waals surface area (Å²) in [5.41, 5.74) is 0. The monoisotopic (exact) mass is 387 g/mol. The van der Waals surface area contributed by atoms with E-state index in [4.69, 9.17) is 51.1 Å². The first-order valence-electron chi connectivity index (χ1n) is 7.11. The topological polar surface area (TPSA) is 41.5 Å². The second kappa shape index (κ2) is 10.1. The number of nitrogens with one attached hydrogen (secondary N) is 1. The zero-order valence-corrected chi connectivity index (χ0v) is 15.6. The van der Waals surface area contributed by atoms with Crippen LogP contribution in [-0.4, -0.2) is 35.2 Å². The van der Waals surface area contributed by atoms with Crippen molar-refractivity contribution in [1.82, 2.24) is 5.32 Å². The Labute approximate surface area is 151 Å². The third-order valence-electron chi connectivity index (χ3n) is 3.37. The van der Waals surface area contributed by atoms with Crippen molar-refractivity contribution < 1.29 is 9.84 Å². The van der Waals surface area contributed by atoms with E-state index in [1.807, 2.05) is 13.8 Å². The summed E-state index contributed by atoms with van der Waals surface area (Å²) in [5, 5.41) is 13.6. The molecule has 0 aliphatic rings. The summed E-state index contributed by atoms with van der Waals surface area (Å²) in [6, 6.07) is 4.96. The van der Waals surface area contributed by atoms with E-state index < -0.39 is 11.5 Å². The molecule has 0 saturated carbocycles. The number of aliphatic hydroxyl groups is 1. The van der Waals surface area contributed by atoms with Gasteiger partial charge in [-0.1, -0.05) is 36.5 Å². The SMILES string of the molecule is CCC(C(C)Cl)C(Cl)C(O)CNCOc1cc(Cl)cc(Cl)c1. The second-order valence-electron chi connectivity index (χ2n) is 5.11. The molecule has 4 unspecified atom stereocenters. The van der Waals surface area contributed by atoms with E-state index in [2.05, 4.69) is 5.32 Å². The summed E-state index contributed by atoms with van der Waals surface area (Å²) in [6.07, 6.45) is 0.104. The Kier molecular flexibility index (Phi) is 9.22. The summed E-state index contributed by atoms with van der Waals surface area (Å²) in [7, 11) is 0. The van der Waals surface area contributed by atoms with Crippen LogP contribution in [0.3, 0.4) is 0 Å². The highest BCUT2D eigenvalue weighted by molar-refractivity contribution is 6.34. The number of hydrogen-bond acceptors (Lipinski definition) is 3. The van der Waals surface area contributed by atoms with Crippen molar-refractivity contribution in [2.45, 2.75) is 37.1 Å². The number of halogens is 4. The molecule has 0 aliphatic heterocycles. The number of benzene rings is 1. The molecule has 0 aromatic heterocycles. The van der Waals surface area contributed by atoms with Crippen LogP contribution in [0.2, 0.25) is 10.0 Å². The van der Waals surface area contributed by atoms with Crippen LogP contribution in [0, 0.1) is 5.92 Å². The first-order valence-corrected chi connectivity index (χ1v) is 8.73. The first-order chi connectivity index (χ1) is 10.3. The molecule has 0 fully saturated rings. The Bertz CT molecular complexity index is 439. The van der Waals surface area contributed by atoms with Gasteiger partial charge < -0.3 is 9.84 Å². The largest absolute Gasteiger partial charge is 0.478 e. The molecular weight excluding hydrogens is 368 g/mol. The minimum Gasteiger partial charge on any atom is -0.478 e. The van der Waals surface area contributed by atoms with Gasteiger partial charge in [-0.2, -0.15) is 0 Å². The van der Waals surface area contributed by atoms with Crippen LogP contribution >= 0.6 is 46.4 Å². The Hall–Kier alpha value is 0.1000. The van der Waals surface area contributed by atoms with E-state index in [0.29, 0.717) is 22.3 Å². The van der Waals surface area contributed by atoms with Crippen LogP contribution < -0.4 is 10.1 Å². The number of hydrogen-bond donors (Lipinski definition) is 2. The molecule has 1 rings (SSSR count). The smallest absolute Gasteiger partial charge is 0.139 e. The fourth-order valence-corrected chi connectivity index (χ4v) is 3.56.